The van der Waals surface area contributed by atoms with Crippen molar-refractivity contribution in [2.24, 2.45) is 0 Å². The van der Waals surface area contributed by atoms with Gasteiger partial charge >= 0.3 is 5.91 Å². The van der Waals surface area contributed by atoms with Crippen LogP contribution in [-0.2, 0) is 15.3 Å². The Morgan fingerprint density at radius 1 is 1.07 bits per heavy atom. The lowest BCUT2D eigenvalue weighted by Gasteiger charge is -2.22. The maximum Gasteiger partial charge on any atom is 0.301 e. The van der Waals surface area contributed by atoms with E-state index in [2.05, 4.69) is 21.8 Å². The van der Waals surface area contributed by atoms with E-state index in [-0.39, 0.29) is 22.2 Å². The summed E-state index contributed by atoms with van der Waals surface area (Å²) in [6, 6.07) is 19.8. The van der Waals surface area contributed by atoms with Crippen molar-refractivity contribution >= 4 is 51.3 Å². The second kappa shape index (κ2) is 11.9. The summed E-state index contributed by atoms with van der Waals surface area (Å²) < 4.78 is 8.14. The van der Waals surface area contributed by atoms with E-state index >= 15 is 0 Å². The number of hydrogen-bond donors (Lipinski definition) is 1. The van der Waals surface area contributed by atoms with Crippen LogP contribution in [0.4, 0.5) is 5.13 Å². The molecule has 216 valence electrons. The van der Waals surface area contributed by atoms with E-state index in [1.165, 1.54) is 28.0 Å². The highest BCUT2D eigenvalue weighted by molar-refractivity contribution is 8.00. The molecule has 11 heteroatoms. The van der Waals surface area contributed by atoms with Crippen molar-refractivity contribution in [2.75, 3.05) is 11.5 Å². The summed E-state index contributed by atoms with van der Waals surface area (Å²) in [6.07, 6.45) is 3.49. The van der Waals surface area contributed by atoms with Gasteiger partial charge in [-0.2, -0.15) is 0 Å². The van der Waals surface area contributed by atoms with Crippen molar-refractivity contribution in [3.05, 3.63) is 119 Å². The number of nitrogens with zero attached hydrogens (tertiary/aromatic N) is 5. The molecular weight excluding hydrogens is 583 g/mol. The second-order valence-electron chi connectivity index (χ2n) is 9.89. The first-order valence-electron chi connectivity index (χ1n) is 13.5. The van der Waals surface area contributed by atoms with Crippen molar-refractivity contribution in [2.45, 2.75) is 30.0 Å². The average molecular weight is 610 g/mol. The number of aliphatic hydroxyl groups excluding tert-OH is 1. The number of carbonyl (C=O) groups is 2. The first-order chi connectivity index (χ1) is 20.9. The summed E-state index contributed by atoms with van der Waals surface area (Å²) in [6.45, 7) is 7.74. The molecule has 5 aromatic rings. The number of imidazole rings is 1. The molecule has 0 spiro atoms. The number of hydrogen-bond acceptors (Lipinski definition) is 9. The minimum absolute atomic E-state index is 0.0670. The maximum atomic E-state index is 13.7. The molecule has 1 saturated heterocycles. The molecule has 43 heavy (non-hydrogen) atoms. The molecule has 1 unspecified atom stereocenters. The predicted molar refractivity (Wildman–Crippen MR) is 167 cm³/mol. The van der Waals surface area contributed by atoms with Gasteiger partial charge in [0.1, 0.15) is 23.7 Å². The zero-order valence-electron chi connectivity index (χ0n) is 23.4. The average Bonchev–Trinajstić information content (AvgIpc) is 3.70. The number of aryl methyl sites for hydroxylation is 2. The standard InChI is InChI=1S/C32H27N5O4S2/c1-4-17-41-23-14-12-22(13-15-23)26-24(27(38)25-20(3)36-16-8-9-19(2)29(36)33-25)28(39)30(40)37(26)31-34-35-32(43-31)42-18-21-10-6-5-7-11-21/h4-16,26,38H,1,17-18H2,2-3H3/b27-24+. The molecule has 0 saturated carbocycles. The molecule has 1 fully saturated rings. The summed E-state index contributed by atoms with van der Waals surface area (Å²) in [7, 11) is 0. The van der Waals surface area contributed by atoms with Gasteiger partial charge in [-0.05, 0) is 48.7 Å². The third-order valence-electron chi connectivity index (χ3n) is 7.12. The van der Waals surface area contributed by atoms with Crippen LogP contribution < -0.4 is 9.64 Å². The van der Waals surface area contributed by atoms with Crippen molar-refractivity contribution in [3.63, 3.8) is 0 Å². The molecule has 1 aliphatic rings. The molecule has 6 rings (SSSR count). The Labute approximate surface area is 256 Å². The fourth-order valence-electron chi connectivity index (χ4n) is 5.00. The number of thioether (sulfide) groups is 1. The summed E-state index contributed by atoms with van der Waals surface area (Å²) in [5, 5.41) is 20.6. The highest BCUT2D eigenvalue weighted by Gasteiger charge is 2.49. The molecule has 0 bridgehead atoms. The van der Waals surface area contributed by atoms with Gasteiger partial charge in [0.05, 0.1) is 17.3 Å². The first kappa shape index (κ1) is 28.4. The quantitative estimate of drug-likeness (QED) is 0.0519. The number of ketones is 1. The van der Waals surface area contributed by atoms with Gasteiger partial charge in [0, 0.05) is 11.9 Å². The monoisotopic (exact) mass is 609 g/mol. The topological polar surface area (TPSA) is 110 Å². The molecule has 3 aromatic heterocycles. The number of anilines is 1. The number of aliphatic hydroxyl groups is 1. The van der Waals surface area contributed by atoms with Crippen LogP contribution in [-0.4, -0.2) is 43.0 Å². The molecule has 1 aliphatic heterocycles. The fraction of sp³-hybridized carbons (Fsp3) is 0.156. The number of amides is 1. The molecular formula is C32H27N5O4S2. The zero-order chi connectivity index (χ0) is 30.1. The van der Waals surface area contributed by atoms with E-state index in [4.69, 9.17) is 4.74 Å². The molecule has 2 aromatic carbocycles. The molecule has 0 radical (unpaired) electrons. The van der Waals surface area contributed by atoms with Gasteiger partial charge in [0.2, 0.25) is 5.13 Å². The van der Waals surface area contributed by atoms with Crippen LogP contribution in [0, 0.1) is 13.8 Å². The lowest BCUT2D eigenvalue weighted by molar-refractivity contribution is -0.132. The highest BCUT2D eigenvalue weighted by Crippen LogP contribution is 2.44. The summed E-state index contributed by atoms with van der Waals surface area (Å²) in [4.78, 5) is 33.3. The number of rotatable bonds is 9. The number of fused-ring (bicyclic) bond motifs is 1. The Balaban J connectivity index is 1.44. The van der Waals surface area contributed by atoms with E-state index < -0.39 is 17.7 Å². The Hall–Kier alpha value is -4.74. The fourth-order valence-corrected chi connectivity index (χ4v) is 6.82. The minimum atomic E-state index is -0.960. The van der Waals surface area contributed by atoms with Crippen LogP contribution in [0.25, 0.3) is 11.4 Å². The Morgan fingerprint density at radius 3 is 2.56 bits per heavy atom. The van der Waals surface area contributed by atoms with Crippen LogP contribution in [0.2, 0.25) is 0 Å². The smallest absolute Gasteiger partial charge is 0.301 e. The molecule has 0 aliphatic carbocycles. The Bertz CT molecular complexity index is 1880. The third-order valence-corrected chi connectivity index (χ3v) is 9.25. The number of benzene rings is 2. The van der Waals surface area contributed by atoms with E-state index in [1.54, 1.807) is 30.3 Å². The van der Waals surface area contributed by atoms with Gasteiger partial charge in [0.15, 0.2) is 10.1 Å². The largest absolute Gasteiger partial charge is 0.505 e. The third kappa shape index (κ3) is 5.33. The Kier molecular flexibility index (Phi) is 7.83. The molecule has 1 amide bonds. The molecule has 9 nitrogen and oxygen atoms in total. The van der Waals surface area contributed by atoms with Gasteiger partial charge in [-0.1, -0.05) is 84.3 Å². The maximum absolute atomic E-state index is 13.7. The van der Waals surface area contributed by atoms with Crippen LogP contribution in [0.1, 0.15) is 34.1 Å². The minimum Gasteiger partial charge on any atom is -0.505 e. The lowest BCUT2D eigenvalue weighted by atomic mass is 9.96. The number of aromatic nitrogens is 4. The van der Waals surface area contributed by atoms with E-state index in [9.17, 15) is 14.7 Å². The summed E-state index contributed by atoms with van der Waals surface area (Å²) >= 11 is 2.71. The van der Waals surface area contributed by atoms with Gasteiger partial charge in [-0.25, -0.2) is 4.98 Å². The van der Waals surface area contributed by atoms with Crippen molar-refractivity contribution in [1.29, 1.82) is 0 Å². The first-order valence-corrected chi connectivity index (χ1v) is 15.3. The van der Waals surface area contributed by atoms with Gasteiger partial charge in [-0.3, -0.25) is 14.5 Å². The normalized spacial score (nSPS) is 16.2. The summed E-state index contributed by atoms with van der Waals surface area (Å²) in [5.74, 6) is -0.691. The predicted octanol–water partition coefficient (Wildman–Crippen LogP) is 6.29. The SMILES string of the molecule is C=CCOc1ccc(C2/C(=C(\O)c3nc4c(C)cccn4c3C)C(=O)C(=O)N2c2nnc(SCc3ccccc3)s2)cc1. The van der Waals surface area contributed by atoms with Crippen molar-refractivity contribution in [3.8, 4) is 5.75 Å². The number of ether oxygens (including phenoxy) is 1. The van der Waals surface area contributed by atoms with Gasteiger partial charge < -0.3 is 14.2 Å². The van der Waals surface area contributed by atoms with Crippen molar-refractivity contribution < 1.29 is 19.4 Å². The molecule has 1 N–H and O–H groups in total. The highest BCUT2D eigenvalue weighted by atomic mass is 32.2. The Morgan fingerprint density at radius 2 is 1.84 bits per heavy atom. The van der Waals surface area contributed by atoms with Crippen LogP contribution >= 0.6 is 23.1 Å². The van der Waals surface area contributed by atoms with Gasteiger partial charge in [0.25, 0.3) is 5.78 Å². The lowest BCUT2D eigenvalue weighted by Crippen LogP contribution is -2.29. The van der Waals surface area contributed by atoms with Crippen LogP contribution in [0.5, 0.6) is 5.75 Å². The second-order valence-corrected chi connectivity index (χ2v) is 12.1. The van der Waals surface area contributed by atoms with Gasteiger partial charge in [-0.15, -0.1) is 10.2 Å². The number of pyridine rings is 1. The summed E-state index contributed by atoms with van der Waals surface area (Å²) in [5.41, 5.74) is 4.10. The zero-order valence-corrected chi connectivity index (χ0v) is 25.1. The number of Topliss-reactive ketones (excluding diaryl/α,β-unsaturated/α-hetero) is 1. The van der Waals surface area contributed by atoms with Crippen LogP contribution in [0.3, 0.4) is 0 Å². The van der Waals surface area contributed by atoms with E-state index in [1.807, 2.05) is 66.9 Å². The number of carbonyl (C=O) groups excluding carboxylic acids is 2. The molecule has 1 atom stereocenters. The van der Waals surface area contributed by atoms with Crippen LogP contribution in [0.15, 0.2) is 95.5 Å². The van der Waals surface area contributed by atoms with E-state index in [0.29, 0.717) is 39.4 Å². The van der Waals surface area contributed by atoms with Crippen molar-refractivity contribution in [1.82, 2.24) is 19.6 Å². The molecule has 4 heterocycles. The van der Waals surface area contributed by atoms with E-state index in [0.717, 1.165) is 11.1 Å².